The molecule has 162 valence electrons. The number of aryl methyl sites for hydroxylation is 1. The first kappa shape index (κ1) is 22.3. The van der Waals surface area contributed by atoms with Crippen LogP contribution in [-0.4, -0.2) is 39.4 Å². The predicted octanol–water partition coefficient (Wildman–Crippen LogP) is 3.75. The zero-order chi connectivity index (χ0) is 21.7. The SMILES string of the molecule is CCc1ccc(CN(C)C(=O)c2ccc(OC)c(S(=O)(=O)NC3CCCC3)c2)cc1. The third-order valence-electron chi connectivity index (χ3n) is 5.57. The number of hydrogen-bond acceptors (Lipinski definition) is 4. The normalized spacial score (nSPS) is 14.6. The van der Waals surface area contributed by atoms with Crippen molar-refractivity contribution in [3.63, 3.8) is 0 Å². The van der Waals surface area contributed by atoms with Crippen LogP contribution in [0.25, 0.3) is 0 Å². The van der Waals surface area contributed by atoms with E-state index in [0.29, 0.717) is 12.1 Å². The summed E-state index contributed by atoms with van der Waals surface area (Å²) in [6.07, 6.45) is 4.67. The van der Waals surface area contributed by atoms with Crippen LogP contribution in [0.2, 0.25) is 0 Å². The standard InChI is InChI=1S/C23H30N2O4S/c1-4-17-9-11-18(12-10-17)16-25(2)23(26)19-13-14-21(29-3)22(15-19)30(27,28)24-20-7-5-6-8-20/h9-15,20,24H,4-8,16H2,1-3H3. The van der Waals surface area contributed by atoms with E-state index < -0.39 is 10.0 Å². The number of ether oxygens (including phenoxy) is 1. The minimum atomic E-state index is -3.78. The van der Waals surface area contributed by atoms with Crippen molar-refractivity contribution in [3.05, 3.63) is 59.2 Å². The van der Waals surface area contributed by atoms with Gasteiger partial charge in [-0.1, -0.05) is 44.0 Å². The van der Waals surface area contributed by atoms with E-state index in [4.69, 9.17) is 4.74 Å². The molecule has 2 aromatic rings. The van der Waals surface area contributed by atoms with Gasteiger partial charge in [-0.25, -0.2) is 13.1 Å². The Labute approximate surface area is 179 Å². The van der Waals surface area contributed by atoms with Crippen molar-refractivity contribution in [2.45, 2.75) is 56.5 Å². The average molecular weight is 431 g/mol. The number of nitrogens with zero attached hydrogens (tertiary/aromatic N) is 1. The summed E-state index contributed by atoms with van der Waals surface area (Å²) in [4.78, 5) is 14.6. The number of benzene rings is 2. The van der Waals surface area contributed by atoms with E-state index in [1.54, 1.807) is 24.1 Å². The highest BCUT2D eigenvalue weighted by Gasteiger charge is 2.27. The Morgan fingerprint density at radius 2 is 1.73 bits per heavy atom. The van der Waals surface area contributed by atoms with E-state index in [0.717, 1.165) is 37.7 Å². The van der Waals surface area contributed by atoms with E-state index >= 15 is 0 Å². The molecular formula is C23H30N2O4S. The molecular weight excluding hydrogens is 400 g/mol. The monoisotopic (exact) mass is 430 g/mol. The van der Waals surface area contributed by atoms with E-state index in [2.05, 4.69) is 23.8 Å². The van der Waals surface area contributed by atoms with Crippen molar-refractivity contribution in [3.8, 4) is 5.75 Å². The summed E-state index contributed by atoms with van der Waals surface area (Å²) in [6.45, 7) is 2.54. The maximum absolute atomic E-state index is 13.0. The van der Waals surface area contributed by atoms with Crippen molar-refractivity contribution in [1.82, 2.24) is 9.62 Å². The summed E-state index contributed by atoms with van der Waals surface area (Å²) in [7, 11) is -0.639. The fourth-order valence-corrected chi connectivity index (χ4v) is 5.29. The molecule has 1 aliphatic rings. The third-order valence-corrected chi connectivity index (χ3v) is 7.12. The van der Waals surface area contributed by atoms with E-state index in [1.807, 2.05) is 12.1 Å². The van der Waals surface area contributed by atoms with Gasteiger partial charge in [0, 0.05) is 25.2 Å². The lowest BCUT2D eigenvalue weighted by Crippen LogP contribution is -2.33. The first-order chi connectivity index (χ1) is 14.3. The average Bonchev–Trinajstić information content (AvgIpc) is 3.25. The number of methoxy groups -OCH3 is 1. The lowest BCUT2D eigenvalue weighted by atomic mass is 10.1. The number of carbonyl (C=O) groups excluding carboxylic acids is 1. The lowest BCUT2D eigenvalue weighted by Gasteiger charge is -2.19. The quantitative estimate of drug-likeness (QED) is 0.692. The topological polar surface area (TPSA) is 75.7 Å². The predicted molar refractivity (Wildman–Crippen MR) is 117 cm³/mol. The molecule has 3 rings (SSSR count). The second-order valence-corrected chi connectivity index (χ2v) is 9.48. The molecule has 0 unspecified atom stereocenters. The number of sulfonamides is 1. The first-order valence-electron chi connectivity index (χ1n) is 10.4. The summed E-state index contributed by atoms with van der Waals surface area (Å²) < 4.78 is 33.9. The van der Waals surface area contributed by atoms with Crippen LogP contribution in [0.4, 0.5) is 0 Å². The smallest absolute Gasteiger partial charge is 0.253 e. The van der Waals surface area contributed by atoms with Crippen LogP contribution in [0.15, 0.2) is 47.4 Å². The fraction of sp³-hybridized carbons (Fsp3) is 0.435. The van der Waals surface area contributed by atoms with Crippen LogP contribution in [0.3, 0.4) is 0 Å². The largest absolute Gasteiger partial charge is 0.495 e. The van der Waals surface area contributed by atoms with Gasteiger partial charge >= 0.3 is 0 Å². The molecule has 0 spiro atoms. The van der Waals surface area contributed by atoms with Gasteiger partial charge in [-0.3, -0.25) is 4.79 Å². The van der Waals surface area contributed by atoms with Gasteiger partial charge in [-0.15, -0.1) is 0 Å². The number of carbonyl (C=O) groups is 1. The third kappa shape index (κ3) is 5.21. The minimum absolute atomic E-state index is 0.00319. The van der Waals surface area contributed by atoms with Gasteiger partial charge in [0.15, 0.2) is 0 Å². The van der Waals surface area contributed by atoms with Gasteiger partial charge in [0.25, 0.3) is 5.91 Å². The number of hydrogen-bond donors (Lipinski definition) is 1. The van der Waals surface area contributed by atoms with Gasteiger partial charge in [-0.05, 0) is 48.6 Å². The maximum atomic E-state index is 13.0. The van der Waals surface area contributed by atoms with Crippen LogP contribution in [-0.2, 0) is 23.0 Å². The molecule has 0 saturated heterocycles. The highest BCUT2D eigenvalue weighted by molar-refractivity contribution is 7.89. The molecule has 1 amide bonds. The Morgan fingerprint density at radius 3 is 2.33 bits per heavy atom. The van der Waals surface area contributed by atoms with E-state index in [-0.39, 0.29) is 22.6 Å². The summed E-state index contributed by atoms with van der Waals surface area (Å²) in [6, 6.07) is 12.6. The van der Waals surface area contributed by atoms with Gasteiger partial charge in [0.1, 0.15) is 10.6 Å². The van der Waals surface area contributed by atoms with E-state index in [9.17, 15) is 13.2 Å². The van der Waals surface area contributed by atoms with Gasteiger partial charge < -0.3 is 9.64 Å². The van der Waals surface area contributed by atoms with Crippen molar-refractivity contribution in [2.24, 2.45) is 0 Å². The van der Waals surface area contributed by atoms with Crippen molar-refractivity contribution in [1.29, 1.82) is 0 Å². The lowest BCUT2D eigenvalue weighted by molar-refractivity contribution is 0.0785. The Hall–Kier alpha value is -2.38. The molecule has 0 aromatic heterocycles. The fourth-order valence-electron chi connectivity index (χ4n) is 3.79. The zero-order valence-corrected chi connectivity index (χ0v) is 18.7. The number of rotatable bonds is 8. The second kappa shape index (κ2) is 9.62. The van der Waals surface area contributed by atoms with Crippen molar-refractivity contribution in [2.75, 3.05) is 14.2 Å². The molecule has 1 fully saturated rings. The minimum Gasteiger partial charge on any atom is -0.495 e. The van der Waals surface area contributed by atoms with Crippen molar-refractivity contribution < 1.29 is 17.9 Å². The summed E-state index contributed by atoms with van der Waals surface area (Å²) in [5.74, 6) is -0.00982. The summed E-state index contributed by atoms with van der Waals surface area (Å²) in [5, 5.41) is 0. The molecule has 2 aromatic carbocycles. The molecule has 0 radical (unpaired) electrons. The molecule has 1 N–H and O–H groups in total. The van der Waals surface area contributed by atoms with Crippen LogP contribution in [0, 0.1) is 0 Å². The Balaban J connectivity index is 1.80. The zero-order valence-electron chi connectivity index (χ0n) is 17.8. The van der Waals surface area contributed by atoms with Crippen LogP contribution in [0.5, 0.6) is 5.75 Å². The second-order valence-electron chi connectivity index (χ2n) is 7.80. The maximum Gasteiger partial charge on any atom is 0.253 e. The van der Waals surface area contributed by atoms with Gasteiger partial charge in [0.2, 0.25) is 10.0 Å². The highest BCUT2D eigenvalue weighted by Crippen LogP contribution is 2.28. The molecule has 7 heteroatoms. The van der Waals surface area contributed by atoms with Crippen molar-refractivity contribution >= 4 is 15.9 Å². The summed E-state index contributed by atoms with van der Waals surface area (Å²) in [5.41, 5.74) is 2.58. The number of nitrogens with one attached hydrogen (secondary N) is 1. The molecule has 1 saturated carbocycles. The van der Waals surface area contributed by atoms with E-state index in [1.165, 1.54) is 18.7 Å². The molecule has 0 bridgehead atoms. The van der Waals surface area contributed by atoms with Crippen LogP contribution in [0.1, 0.15) is 54.1 Å². The Kier molecular flexibility index (Phi) is 7.15. The van der Waals surface area contributed by atoms with Crippen LogP contribution < -0.4 is 9.46 Å². The number of amides is 1. The molecule has 0 atom stereocenters. The highest BCUT2D eigenvalue weighted by atomic mass is 32.2. The Morgan fingerprint density at radius 1 is 1.10 bits per heavy atom. The summed E-state index contributed by atoms with van der Waals surface area (Å²) >= 11 is 0. The molecule has 6 nitrogen and oxygen atoms in total. The van der Waals surface area contributed by atoms with Gasteiger partial charge in [-0.2, -0.15) is 0 Å². The molecule has 1 aliphatic carbocycles. The van der Waals surface area contributed by atoms with Crippen LogP contribution >= 0.6 is 0 Å². The first-order valence-corrected chi connectivity index (χ1v) is 11.9. The van der Waals surface area contributed by atoms with Gasteiger partial charge in [0.05, 0.1) is 7.11 Å². The molecule has 0 heterocycles. The molecule has 30 heavy (non-hydrogen) atoms. The Bertz CT molecular complexity index is 981. The molecule has 0 aliphatic heterocycles.